The Morgan fingerprint density at radius 1 is 0.188 bits per heavy atom. The molecule has 3 aliphatic rings. The standard InChI is InChI=1S/C49H31N3.C39H29N3.C36H25N3/c1-2-12-32(13-3-1)33-23-25-35(26-24-33)52(46-22-10-21-45-47(46)48-34(31-51-45)14-11-29-50-48)36-27-28-44-40(30-36)39-17-6-9-20-43(39)49(44)41-18-7-4-15-37(41)38-16-5-8-19-42(38)49;1-39(2)33-14-7-6-13-31(33)32-22-21-30(24-34(32)39)42(29-19-17-27(18-20-29)26-10-4-3-5-11-26)36-16-8-15-35-37(36)38-28(25-41-35)12-9-23-40-38;1-3-9-26(10-4-1)28-16-20-31(21-17-28)39(32-22-18-29(19-23-32)27-11-5-2-6-12-27)34-15-7-14-33-35(34)36-30(25-38-33)13-8-24-37-36/h1-31H;3-25H,1-2H3;1-25H. The molecule has 0 atom stereocenters. The van der Waals surface area contributed by atoms with Gasteiger partial charge in [-0.25, -0.2) is 0 Å². The van der Waals surface area contributed by atoms with Gasteiger partial charge in [0.2, 0.25) is 0 Å². The van der Waals surface area contributed by atoms with E-state index < -0.39 is 0 Å². The summed E-state index contributed by atoms with van der Waals surface area (Å²) in [7, 11) is 0. The number of hydrogen-bond donors (Lipinski definition) is 0. The van der Waals surface area contributed by atoms with Crippen LogP contribution in [-0.4, -0.2) is 29.9 Å². The number of pyridine rings is 6. The van der Waals surface area contributed by atoms with Gasteiger partial charge in [0, 0.05) is 92.9 Å². The van der Waals surface area contributed by atoms with Crippen molar-refractivity contribution in [1.29, 1.82) is 0 Å². The van der Waals surface area contributed by atoms with Crippen LogP contribution >= 0.6 is 0 Å². The molecule has 0 unspecified atom stereocenters. The summed E-state index contributed by atoms with van der Waals surface area (Å²) >= 11 is 0. The third-order valence-corrected chi connectivity index (χ3v) is 27.0. The first kappa shape index (κ1) is 79.0. The minimum Gasteiger partial charge on any atom is -0.310 e. The number of benzene rings is 17. The molecule has 9 nitrogen and oxygen atoms in total. The van der Waals surface area contributed by atoms with Crippen molar-refractivity contribution in [2.75, 3.05) is 14.7 Å². The van der Waals surface area contributed by atoms with Crippen LogP contribution in [0.5, 0.6) is 0 Å². The van der Waals surface area contributed by atoms with Crippen LogP contribution in [0, 0.1) is 0 Å². The van der Waals surface area contributed by atoms with E-state index in [0.29, 0.717) is 0 Å². The lowest BCUT2D eigenvalue weighted by molar-refractivity contribution is 0.660. The summed E-state index contributed by atoms with van der Waals surface area (Å²) < 4.78 is 0. The van der Waals surface area contributed by atoms with Crippen molar-refractivity contribution in [1.82, 2.24) is 29.9 Å². The Balaban J connectivity index is 0.000000111. The average Bonchev–Trinajstić information content (AvgIpc) is 1.51. The molecule has 26 rings (SSSR count). The Labute approximate surface area is 771 Å². The van der Waals surface area contributed by atoms with Gasteiger partial charge in [0.05, 0.1) is 71.7 Å². The number of hydrogen-bond acceptors (Lipinski definition) is 9. The molecule has 6 aromatic heterocycles. The van der Waals surface area contributed by atoms with Crippen molar-refractivity contribution in [3.8, 4) is 77.9 Å². The topological polar surface area (TPSA) is 87.1 Å². The summed E-state index contributed by atoms with van der Waals surface area (Å²) in [5, 5.41) is 6.19. The molecular formula is C124H85N9. The Hall–Kier alpha value is -17.4. The SMILES string of the molecule is CC1(C)c2ccccc2-c2ccc(N(c3ccc(-c4ccccc4)cc3)c3cccc4ncc5cccnc5c34)cc21.c1ccc(-c2ccc(N(c3ccc(-c4ccccc4)cc3)c3cccc4ncc5cccnc5c34)cc2)cc1.c1ccc(-c2ccc(N(c3ccc4c(c3)-c3ccccc3C43c4ccccc4-c4ccccc43)c3cccc4ncc5cccnc5c34)cc2)cc1. The Morgan fingerprint density at radius 3 is 0.820 bits per heavy atom. The highest BCUT2D eigenvalue weighted by Crippen LogP contribution is 2.64. The van der Waals surface area contributed by atoms with Crippen LogP contribution in [0.25, 0.3) is 143 Å². The second-order valence-electron chi connectivity index (χ2n) is 34.8. The first-order chi connectivity index (χ1) is 65.7. The molecule has 0 aliphatic heterocycles. The van der Waals surface area contributed by atoms with E-state index in [0.717, 1.165) is 117 Å². The van der Waals surface area contributed by atoms with Crippen LogP contribution in [0.2, 0.25) is 0 Å². The second kappa shape index (κ2) is 33.0. The molecule has 6 heterocycles. The fraction of sp³-hybridized carbons (Fsp3) is 0.0323. The van der Waals surface area contributed by atoms with Crippen LogP contribution in [0.4, 0.5) is 51.2 Å². The highest BCUT2D eigenvalue weighted by atomic mass is 15.2. The van der Waals surface area contributed by atoms with E-state index in [1.54, 1.807) is 0 Å². The number of anilines is 9. The zero-order valence-corrected chi connectivity index (χ0v) is 73.1. The summed E-state index contributed by atoms with van der Waals surface area (Å²) in [5.41, 5.74) is 40.2. The molecule has 17 aromatic carbocycles. The molecule has 0 saturated carbocycles. The molecule has 0 fully saturated rings. The van der Waals surface area contributed by atoms with Crippen molar-refractivity contribution < 1.29 is 0 Å². The number of aromatic nitrogens is 6. The number of fused-ring (bicyclic) bond motifs is 22. The van der Waals surface area contributed by atoms with E-state index in [9.17, 15) is 0 Å². The predicted molar refractivity (Wildman–Crippen MR) is 551 cm³/mol. The van der Waals surface area contributed by atoms with E-state index >= 15 is 0 Å². The summed E-state index contributed by atoms with van der Waals surface area (Å²) in [6.07, 6.45) is 11.3. The van der Waals surface area contributed by atoms with E-state index in [-0.39, 0.29) is 10.8 Å². The maximum absolute atomic E-state index is 4.91. The van der Waals surface area contributed by atoms with Gasteiger partial charge in [-0.3, -0.25) is 29.9 Å². The highest BCUT2D eigenvalue weighted by Gasteiger charge is 2.52. The summed E-state index contributed by atoms with van der Waals surface area (Å²) in [6, 6.07) is 158. The van der Waals surface area contributed by atoms with Crippen molar-refractivity contribution >= 4 is 117 Å². The largest absolute Gasteiger partial charge is 0.310 e. The van der Waals surface area contributed by atoms with Gasteiger partial charge < -0.3 is 14.7 Å². The predicted octanol–water partition coefficient (Wildman–Crippen LogP) is 32.1. The highest BCUT2D eigenvalue weighted by molar-refractivity contribution is 6.15. The van der Waals surface area contributed by atoms with Crippen LogP contribution in [0.3, 0.4) is 0 Å². The molecule has 626 valence electrons. The van der Waals surface area contributed by atoms with Crippen LogP contribution < -0.4 is 14.7 Å². The Morgan fingerprint density at radius 2 is 0.459 bits per heavy atom. The molecule has 3 aliphatic carbocycles. The monoisotopic (exact) mass is 1700 g/mol. The Bertz CT molecular complexity index is 8270. The summed E-state index contributed by atoms with van der Waals surface area (Å²) in [5.74, 6) is 0. The van der Waals surface area contributed by atoms with E-state index in [1.807, 2.05) is 67.5 Å². The molecule has 0 amide bonds. The second-order valence-corrected chi connectivity index (χ2v) is 34.8. The van der Waals surface area contributed by atoms with E-state index in [4.69, 9.17) is 29.9 Å². The third-order valence-electron chi connectivity index (χ3n) is 27.0. The zero-order chi connectivity index (χ0) is 88.5. The van der Waals surface area contributed by atoms with Gasteiger partial charge in [-0.2, -0.15) is 0 Å². The molecule has 133 heavy (non-hydrogen) atoms. The van der Waals surface area contributed by atoms with E-state index in [2.05, 4.69) is 441 Å². The normalized spacial score (nSPS) is 12.6. The third kappa shape index (κ3) is 13.6. The molecule has 9 heteroatoms. The Kier molecular flexibility index (Phi) is 19.6. The van der Waals surface area contributed by atoms with Gasteiger partial charge in [-0.05, 0) is 257 Å². The van der Waals surface area contributed by atoms with E-state index in [1.165, 1.54) is 111 Å². The smallest absolute Gasteiger partial charge is 0.0832 e. The molecule has 0 radical (unpaired) electrons. The quantitative estimate of drug-likeness (QED) is 0.105. The zero-order valence-electron chi connectivity index (χ0n) is 73.1. The molecule has 0 bridgehead atoms. The lowest BCUT2D eigenvalue weighted by atomic mass is 9.70. The molecule has 0 N–H and O–H groups in total. The molecule has 0 saturated heterocycles. The lowest BCUT2D eigenvalue weighted by Gasteiger charge is -2.31. The van der Waals surface area contributed by atoms with Gasteiger partial charge in [-0.1, -0.05) is 311 Å². The molecular weight excluding hydrogens is 1620 g/mol. The van der Waals surface area contributed by atoms with Crippen LogP contribution in [0.15, 0.2) is 480 Å². The van der Waals surface area contributed by atoms with Crippen molar-refractivity contribution in [3.63, 3.8) is 0 Å². The average molecular weight is 1700 g/mol. The number of rotatable bonds is 13. The van der Waals surface area contributed by atoms with Crippen molar-refractivity contribution in [2.24, 2.45) is 0 Å². The summed E-state index contributed by atoms with van der Waals surface area (Å²) in [6.45, 7) is 4.67. The minimum absolute atomic E-state index is 0.0979. The summed E-state index contributed by atoms with van der Waals surface area (Å²) in [4.78, 5) is 36.1. The van der Waals surface area contributed by atoms with Gasteiger partial charge in [-0.15, -0.1) is 0 Å². The fourth-order valence-corrected chi connectivity index (χ4v) is 20.9. The first-order valence-corrected chi connectivity index (χ1v) is 45.3. The van der Waals surface area contributed by atoms with Gasteiger partial charge in [0.15, 0.2) is 0 Å². The van der Waals surface area contributed by atoms with Crippen molar-refractivity contribution in [3.05, 3.63) is 513 Å². The molecule has 1 spiro atoms. The minimum atomic E-state index is -0.386. The fourth-order valence-electron chi connectivity index (χ4n) is 20.9. The maximum atomic E-state index is 4.91. The van der Waals surface area contributed by atoms with Crippen molar-refractivity contribution in [2.45, 2.75) is 24.7 Å². The van der Waals surface area contributed by atoms with Crippen LogP contribution in [0.1, 0.15) is 47.2 Å². The first-order valence-electron chi connectivity index (χ1n) is 45.3. The lowest BCUT2D eigenvalue weighted by Crippen LogP contribution is -2.25. The van der Waals surface area contributed by atoms with Gasteiger partial charge in [0.25, 0.3) is 0 Å². The van der Waals surface area contributed by atoms with Crippen LogP contribution in [-0.2, 0) is 10.8 Å². The number of nitrogens with zero attached hydrogens (tertiary/aromatic N) is 9. The molecule has 23 aromatic rings. The maximum Gasteiger partial charge on any atom is 0.0832 e. The van der Waals surface area contributed by atoms with Gasteiger partial charge in [0.1, 0.15) is 0 Å². The van der Waals surface area contributed by atoms with Gasteiger partial charge >= 0.3 is 0 Å².